The average molecular weight is 202 g/mol. The molecular formula is C11H19FO2. The summed E-state index contributed by atoms with van der Waals surface area (Å²) < 4.78 is 11.8. The molecule has 0 aromatic heterocycles. The molecule has 0 saturated heterocycles. The van der Waals surface area contributed by atoms with E-state index in [1.165, 1.54) is 0 Å². The van der Waals surface area contributed by atoms with Crippen LogP contribution in [-0.4, -0.2) is 5.97 Å². The lowest BCUT2D eigenvalue weighted by Gasteiger charge is -2.29. The highest BCUT2D eigenvalue weighted by Crippen LogP contribution is 2.35. The smallest absolute Gasteiger partial charge is 0.255 e. The fourth-order valence-corrected chi connectivity index (χ4v) is 2.44. The van der Waals surface area contributed by atoms with Crippen LogP contribution in [0.5, 0.6) is 0 Å². The Morgan fingerprint density at radius 3 is 2.43 bits per heavy atom. The summed E-state index contributed by atoms with van der Waals surface area (Å²) in [7, 11) is 0. The first-order chi connectivity index (χ1) is 6.69. The molecule has 0 radical (unpaired) electrons. The predicted octanol–water partition coefficient (Wildman–Crippen LogP) is 3.27. The highest BCUT2D eigenvalue weighted by Gasteiger charge is 2.31. The van der Waals surface area contributed by atoms with Gasteiger partial charge in [0, 0.05) is 4.53 Å². The average Bonchev–Trinajstić information content (AvgIpc) is 2.21. The summed E-state index contributed by atoms with van der Waals surface area (Å²) in [6.07, 6.45) is 5.06. The first kappa shape index (κ1) is 11.5. The highest BCUT2D eigenvalue weighted by molar-refractivity contribution is 5.72. The van der Waals surface area contributed by atoms with Crippen LogP contribution in [0.15, 0.2) is 0 Å². The van der Waals surface area contributed by atoms with Crippen LogP contribution in [0.4, 0.5) is 4.53 Å². The van der Waals surface area contributed by atoms with Crippen LogP contribution in [0.2, 0.25) is 0 Å². The molecule has 3 heteroatoms. The van der Waals surface area contributed by atoms with Crippen molar-refractivity contribution in [3.63, 3.8) is 0 Å². The molecule has 1 rings (SSSR count). The van der Waals surface area contributed by atoms with Crippen LogP contribution in [0.1, 0.15) is 46.0 Å². The van der Waals surface area contributed by atoms with Crippen LogP contribution in [0.25, 0.3) is 0 Å². The van der Waals surface area contributed by atoms with E-state index < -0.39 is 5.97 Å². The molecule has 0 amide bonds. The lowest BCUT2D eigenvalue weighted by molar-refractivity contribution is -0.191. The molecule has 0 aromatic rings. The summed E-state index contributed by atoms with van der Waals surface area (Å²) in [4.78, 5) is 14.5. The van der Waals surface area contributed by atoms with E-state index in [0.717, 1.165) is 31.6 Å². The van der Waals surface area contributed by atoms with E-state index >= 15 is 0 Å². The second kappa shape index (κ2) is 5.32. The Morgan fingerprint density at radius 1 is 1.43 bits per heavy atom. The Morgan fingerprint density at radius 2 is 2.00 bits per heavy atom. The fraction of sp³-hybridized carbons (Fsp3) is 0.909. The molecule has 0 aliphatic heterocycles. The molecule has 1 aliphatic rings. The summed E-state index contributed by atoms with van der Waals surface area (Å²) in [6.45, 7) is 4.14. The molecule has 0 N–H and O–H groups in total. The third-order valence-corrected chi connectivity index (χ3v) is 3.45. The Labute approximate surface area is 84.7 Å². The van der Waals surface area contributed by atoms with Crippen LogP contribution in [-0.2, 0) is 9.74 Å². The SMILES string of the molecule is CCC(C(=O)OF)C1CCC(C)CC1. The van der Waals surface area contributed by atoms with Gasteiger partial charge in [-0.3, -0.25) is 4.94 Å². The van der Waals surface area contributed by atoms with Crippen molar-refractivity contribution in [3.8, 4) is 0 Å². The molecule has 1 saturated carbocycles. The standard InChI is InChI=1S/C11H19FO2/c1-3-10(11(13)14-12)9-6-4-8(2)5-7-9/h8-10H,3-7H2,1-2H3. The molecule has 14 heavy (non-hydrogen) atoms. The van der Waals surface area contributed by atoms with E-state index in [9.17, 15) is 9.32 Å². The van der Waals surface area contributed by atoms with Gasteiger partial charge in [0.1, 0.15) is 0 Å². The van der Waals surface area contributed by atoms with Gasteiger partial charge in [0.05, 0.1) is 5.92 Å². The van der Waals surface area contributed by atoms with E-state index in [-0.39, 0.29) is 5.92 Å². The van der Waals surface area contributed by atoms with E-state index in [2.05, 4.69) is 11.9 Å². The summed E-state index contributed by atoms with van der Waals surface area (Å²) in [6, 6.07) is 0. The molecule has 1 fully saturated rings. The van der Waals surface area contributed by atoms with Crippen molar-refractivity contribution in [2.45, 2.75) is 46.0 Å². The summed E-state index contributed by atoms with van der Waals surface area (Å²) in [5.74, 6) is 0.184. The van der Waals surface area contributed by atoms with Gasteiger partial charge in [-0.15, -0.1) is 0 Å². The van der Waals surface area contributed by atoms with Crippen LogP contribution >= 0.6 is 0 Å². The zero-order valence-corrected chi connectivity index (χ0v) is 8.96. The van der Waals surface area contributed by atoms with Gasteiger partial charge < -0.3 is 0 Å². The summed E-state index contributed by atoms with van der Waals surface area (Å²) in [5, 5.41) is 0. The molecule has 1 atom stereocenters. The van der Waals surface area contributed by atoms with Gasteiger partial charge in [-0.1, -0.05) is 26.7 Å². The van der Waals surface area contributed by atoms with Crippen LogP contribution < -0.4 is 0 Å². The maximum Gasteiger partial charge on any atom is 0.352 e. The quantitative estimate of drug-likeness (QED) is 0.702. The number of hydrogen-bond donors (Lipinski definition) is 0. The lowest BCUT2D eigenvalue weighted by Crippen LogP contribution is -2.27. The molecule has 82 valence electrons. The minimum atomic E-state index is -0.674. The van der Waals surface area contributed by atoms with Crippen molar-refractivity contribution in [1.29, 1.82) is 0 Å². The second-order valence-electron chi connectivity index (χ2n) is 4.43. The normalized spacial score (nSPS) is 29.6. The topological polar surface area (TPSA) is 26.3 Å². The van der Waals surface area contributed by atoms with E-state index in [1.807, 2.05) is 6.92 Å². The maximum atomic E-state index is 11.8. The Hall–Kier alpha value is -0.600. The zero-order chi connectivity index (χ0) is 10.6. The van der Waals surface area contributed by atoms with Gasteiger partial charge in [0.2, 0.25) is 0 Å². The van der Waals surface area contributed by atoms with Gasteiger partial charge in [0.25, 0.3) is 0 Å². The van der Waals surface area contributed by atoms with Gasteiger partial charge in [-0.25, -0.2) is 4.79 Å². The van der Waals surface area contributed by atoms with Gasteiger partial charge >= 0.3 is 5.97 Å². The van der Waals surface area contributed by atoms with Crippen molar-refractivity contribution in [2.75, 3.05) is 0 Å². The Bertz CT molecular complexity index is 186. The Kier molecular flexibility index (Phi) is 4.36. The highest BCUT2D eigenvalue weighted by atomic mass is 19.3. The monoisotopic (exact) mass is 202 g/mol. The fourth-order valence-electron chi connectivity index (χ4n) is 2.44. The molecular weight excluding hydrogens is 183 g/mol. The molecule has 1 unspecified atom stereocenters. The summed E-state index contributed by atoms with van der Waals surface area (Å²) >= 11 is 0. The second-order valence-corrected chi connectivity index (χ2v) is 4.43. The first-order valence-electron chi connectivity index (χ1n) is 5.51. The minimum absolute atomic E-state index is 0.229. The molecule has 0 aromatic carbocycles. The number of carbonyl (C=O) groups excluding carboxylic acids is 1. The third kappa shape index (κ3) is 2.69. The van der Waals surface area contributed by atoms with E-state index in [4.69, 9.17) is 0 Å². The summed E-state index contributed by atoms with van der Waals surface area (Å²) in [5.41, 5.74) is 0. The maximum absolute atomic E-state index is 11.8. The molecule has 0 spiro atoms. The first-order valence-corrected chi connectivity index (χ1v) is 5.51. The Balaban J connectivity index is 2.48. The molecule has 0 heterocycles. The largest absolute Gasteiger partial charge is 0.352 e. The molecule has 2 nitrogen and oxygen atoms in total. The van der Waals surface area contributed by atoms with Crippen molar-refractivity contribution in [3.05, 3.63) is 0 Å². The number of rotatable bonds is 3. The van der Waals surface area contributed by atoms with Crippen molar-refractivity contribution < 1.29 is 14.3 Å². The lowest BCUT2D eigenvalue weighted by atomic mass is 9.75. The third-order valence-electron chi connectivity index (χ3n) is 3.45. The number of carbonyl (C=O) groups is 1. The predicted molar refractivity (Wildman–Crippen MR) is 52.1 cm³/mol. The van der Waals surface area contributed by atoms with Gasteiger partial charge in [0.15, 0.2) is 0 Å². The van der Waals surface area contributed by atoms with Gasteiger partial charge in [-0.2, -0.15) is 0 Å². The number of hydrogen-bond acceptors (Lipinski definition) is 2. The van der Waals surface area contributed by atoms with Crippen molar-refractivity contribution in [2.24, 2.45) is 17.8 Å². The minimum Gasteiger partial charge on any atom is -0.255 e. The van der Waals surface area contributed by atoms with Crippen molar-refractivity contribution >= 4 is 5.97 Å². The molecule has 0 bridgehead atoms. The van der Waals surface area contributed by atoms with Crippen LogP contribution in [0, 0.1) is 17.8 Å². The van der Waals surface area contributed by atoms with Gasteiger partial charge in [-0.05, 0) is 31.1 Å². The zero-order valence-electron chi connectivity index (χ0n) is 8.96. The molecule has 1 aliphatic carbocycles. The van der Waals surface area contributed by atoms with Crippen LogP contribution in [0.3, 0.4) is 0 Å². The van der Waals surface area contributed by atoms with Crippen molar-refractivity contribution in [1.82, 2.24) is 0 Å². The number of halogens is 1. The van der Waals surface area contributed by atoms with E-state index in [1.54, 1.807) is 0 Å². The van der Waals surface area contributed by atoms with E-state index in [0.29, 0.717) is 12.3 Å².